The summed E-state index contributed by atoms with van der Waals surface area (Å²) < 4.78 is 5.09. The van der Waals surface area contributed by atoms with Crippen molar-refractivity contribution in [3.05, 3.63) is 59.5 Å². The third-order valence-corrected chi connectivity index (χ3v) is 3.64. The second-order valence-corrected chi connectivity index (χ2v) is 5.40. The molecule has 0 bridgehead atoms. The van der Waals surface area contributed by atoms with Gasteiger partial charge in [0.05, 0.1) is 16.9 Å². The fourth-order valence-electron chi connectivity index (χ4n) is 2.36. The summed E-state index contributed by atoms with van der Waals surface area (Å²) in [5.41, 5.74) is 2.65. The van der Waals surface area contributed by atoms with Crippen LogP contribution in [0, 0.1) is 13.8 Å². The third kappa shape index (κ3) is 4.32. The van der Waals surface area contributed by atoms with Crippen LogP contribution in [0.15, 0.2) is 41.4 Å². The maximum absolute atomic E-state index is 12.2. The molecule has 0 aliphatic heterocycles. The van der Waals surface area contributed by atoms with Gasteiger partial charge in [-0.25, -0.2) is 0 Å². The molecule has 1 aromatic heterocycles. The van der Waals surface area contributed by atoms with E-state index in [1.165, 1.54) is 0 Å². The van der Waals surface area contributed by atoms with Crippen LogP contribution in [0.3, 0.4) is 0 Å². The normalized spacial score (nSPS) is 10.2. The van der Waals surface area contributed by atoms with Gasteiger partial charge in [-0.3, -0.25) is 9.59 Å². The lowest BCUT2D eigenvalue weighted by molar-refractivity contribution is -0.116. The summed E-state index contributed by atoms with van der Waals surface area (Å²) >= 11 is 0. The molecule has 0 saturated carbocycles. The Balaban J connectivity index is 2.01. The Morgan fingerprint density at radius 1 is 1.29 bits per heavy atom. The van der Waals surface area contributed by atoms with Gasteiger partial charge in [0.15, 0.2) is 0 Å². The molecule has 2 aromatic rings. The Hall–Kier alpha value is -2.89. The van der Waals surface area contributed by atoms with Crippen LogP contribution in [0.5, 0.6) is 0 Å². The fourth-order valence-corrected chi connectivity index (χ4v) is 2.36. The van der Waals surface area contributed by atoms with Gasteiger partial charge in [0, 0.05) is 18.5 Å². The van der Waals surface area contributed by atoms with Gasteiger partial charge in [0.25, 0.3) is 5.91 Å². The molecular formula is C18H21N3O3. The molecule has 1 aromatic carbocycles. The third-order valence-electron chi connectivity index (χ3n) is 3.64. The number of anilines is 1. The van der Waals surface area contributed by atoms with E-state index < -0.39 is 0 Å². The van der Waals surface area contributed by atoms with Crippen LogP contribution in [-0.2, 0) is 11.2 Å². The van der Waals surface area contributed by atoms with Crippen molar-refractivity contribution in [2.24, 2.45) is 0 Å². The second-order valence-electron chi connectivity index (χ2n) is 5.40. The summed E-state index contributed by atoms with van der Waals surface area (Å²) in [7, 11) is 0. The minimum atomic E-state index is -0.253. The molecule has 1 heterocycles. The van der Waals surface area contributed by atoms with Crippen LogP contribution >= 0.6 is 0 Å². The van der Waals surface area contributed by atoms with Crippen LogP contribution in [0.25, 0.3) is 0 Å². The van der Waals surface area contributed by atoms with E-state index in [0.29, 0.717) is 24.2 Å². The van der Waals surface area contributed by atoms with Crippen molar-refractivity contribution in [2.45, 2.75) is 26.7 Å². The zero-order chi connectivity index (χ0) is 17.5. The lowest BCUT2D eigenvalue weighted by Gasteiger charge is -2.10. The molecule has 126 valence electrons. The number of para-hydroxylation sites is 1. The number of nitrogens with zero attached hydrogens (tertiary/aromatic N) is 1. The SMILES string of the molecule is C=CCNC(=O)c1ccccc1NC(=O)CCc1c(C)noc1C. The van der Waals surface area contributed by atoms with Crippen LogP contribution in [-0.4, -0.2) is 23.5 Å². The molecule has 2 rings (SSSR count). The van der Waals surface area contributed by atoms with Gasteiger partial charge < -0.3 is 15.2 Å². The molecule has 6 nitrogen and oxygen atoms in total. The molecular weight excluding hydrogens is 306 g/mol. The first-order valence-corrected chi connectivity index (χ1v) is 7.72. The number of nitrogens with one attached hydrogen (secondary N) is 2. The predicted molar refractivity (Wildman–Crippen MR) is 91.9 cm³/mol. The smallest absolute Gasteiger partial charge is 0.253 e. The molecule has 2 amide bonds. The number of aryl methyl sites for hydroxylation is 2. The monoisotopic (exact) mass is 327 g/mol. The van der Waals surface area contributed by atoms with Gasteiger partial charge in [0.2, 0.25) is 5.91 Å². The Morgan fingerprint density at radius 2 is 2.04 bits per heavy atom. The zero-order valence-corrected chi connectivity index (χ0v) is 13.9. The van der Waals surface area contributed by atoms with E-state index in [9.17, 15) is 9.59 Å². The maximum Gasteiger partial charge on any atom is 0.253 e. The first kappa shape index (κ1) is 17.5. The minimum Gasteiger partial charge on any atom is -0.361 e. The van der Waals surface area contributed by atoms with Crippen LogP contribution < -0.4 is 10.6 Å². The molecule has 2 N–H and O–H groups in total. The van der Waals surface area contributed by atoms with E-state index in [1.807, 2.05) is 13.8 Å². The molecule has 24 heavy (non-hydrogen) atoms. The molecule has 0 unspecified atom stereocenters. The molecule has 0 fully saturated rings. The predicted octanol–water partition coefficient (Wildman–Crippen LogP) is 2.78. The molecule has 0 radical (unpaired) electrons. The Morgan fingerprint density at radius 3 is 2.71 bits per heavy atom. The van der Waals surface area contributed by atoms with Crippen molar-refractivity contribution >= 4 is 17.5 Å². The standard InChI is InChI=1S/C18H21N3O3/c1-4-11-19-18(23)15-7-5-6-8-16(15)20-17(22)10-9-14-12(2)21-24-13(14)3/h4-8H,1,9-11H2,2-3H3,(H,19,23)(H,20,22). The van der Waals surface area contributed by atoms with Gasteiger partial charge in [-0.05, 0) is 32.4 Å². The Labute approximate surface area is 140 Å². The summed E-state index contributed by atoms with van der Waals surface area (Å²) in [6.45, 7) is 7.61. The lowest BCUT2D eigenvalue weighted by Crippen LogP contribution is -2.25. The molecule has 6 heteroatoms. The van der Waals surface area contributed by atoms with Crippen LogP contribution in [0.1, 0.15) is 33.8 Å². The number of benzene rings is 1. The first-order chi connectivity index (χ1) is 11.5. The lowest BCUT2D eigenvalue weighted by atomic mass is 10.1. The van der Waals surface area contributed by atoms with Crippen molar-refractivity contribution in [3.8, 4) is 0 Å². The average Bonchev–Trinajstić information content (AvgIpc) is 2.89. The van der Waals surface area contributed by atoms with Gasteiger partial charge >= 0.3 is 0 Å². The number of aromatic nitrogens is 1. The number of amides is 2. The van der Waals surface area contributed by atoms with E-state index in [2.05, 4.69) is 22.4 Å². The molecule has 0 atom stereocenters. The summed E-state index contributed by atoms with van der Waals surface area (Å²) in [5, 5.41) is 9.37. The highest BCUT2D eigenvalue weighted by Crippen LogP contribution is 2.17. The maximum atomic E-state index is 12.2. The zero-order valence-electron chi connectivity index (χ0n) is 13.9. The van der Waals surface area contributed by atoms with E-state index in [4.69, 9.17) is 4.52 Å². The molecule has 0 saturated heterocycles. The number of rotatable bonds is 7. The number of carbonyl (C=O) groups is 2. The molecule has 0 spiro atoms. The summed E-state index contributed by atoms with van der Waals surface area (Å²) in [6.07, 6.45) is 2.42. The highest BCUT2D eigenvalue weighted by Gasteiger charge is 2.14. The summed E-state index contributed by atoms with van der Waals surface area (Å²) in [5.74, 6) is 0.306. The van der Waals surface area contributed by atoms with Crippen molar-refractivity contribution in [3.63, 3.8) is 0 Å². The topological polar surface area (TPSA) is 84.2 Å². The van der Waals surface area contributed by atoms with Crippen molar-refractivity contribution in [2.75, 3.05) is 11.9 Å². The number of hydrogen-bond acceptors (Lipinski definition) is 4. The van der Waals surface area contributed by atoms with Gasteiger partial charge in [-0.2, -0.15) is 0 Å². The van der Waals surface area contributed by atoms with Gasteiger partial charge in [0.1, 0.15) is 5.76 Å². The summed E-state index contributed by atoms with van der Waals surface area (Å²) in [6, 6.07) is 6.90. The summed E-state index contributed by atoms with van der Waals surface area (Å²) in [4.78, 5) is 24.3. The van der Waals surface area contributed by atoms with Crippen LogP contribution in [0.4, 0.5) is 5.69 Å². The van der Waals surface area contributed by atoms with E-state index in [1.54, 1.807) is 30.3 Å². The van der Waals surface area contributed by atoms with Gasteiger partial charge in [-0.15, -0.1) is 6.58 Å². The van der Waals surface area contributed by atoms with E-state index in [-0.39, 0.29) is 18.2 Å². The van der Waals surface area contributed by atoms with Crippen molar-refractivity contribution in [1.29, 1.82) is 0 Å². The largest absolute Gasteiger partial charge is 0.361 e. The Bertz CT molecular complexity index is 730. The van der Waals surface area contributed by atoms with Gasteiger partial charge in [-0.1, -0.05) is 23.4 Å². The molecule has 0 aliphatic carbocycles. The fraction of sp³-hybridized carbons (Fsp3) is 0.278. The quantitative estimate of drug-likeness (QED) is 0.766. The first-order valence-electron chi connectivity index (χ1n) is 7.72. The number of carbonyl (C=O) groups excluding carboxylic acids is 2. The number of hydrogen-bond donors (Lipinski definition) is 2. The average molecular weight is 327 g/mol. The Kier molecular flexibility index (Phi) is 5.89. The molecule has 0 aliphatic rings. The van der Waals surface area contributed by atoms with Crippen molar-refractivity contribution in [1.82, 2.24) is 10.5 Å². The minimum absolute atomic E-state index is 0.168. The second kappa shape index (κ2) is 8.10. The highest BCUT2D eigenvalue weighted by molar-refractivity contribution is 6.03. The highest BCUT2D eigenvalue weighted by atomic mass is 16.5. The van der Waals surface area contributed by atoms with E-state index in [0.717, 1.165) is 17.0 Å². The van der Waals surface area contributed by atoms with Crippen molar-refractivity contribution < 1.29 is 14.1 Å². The van der Waals surface area contributed by atoms with E-state index >= 15 is 0 Å². The van der Waals surface area contributed by atoms with Crippen LogP contribution in [0.2, 0.25) is 0 Å².